The van der Waals surface area contributed by atoms with Gasteiger partial charge >= 0.3 is 0 Å². The number of nitrogens with one attached hydrogen (secondary N) is 2. The maximum absolute atomic E-state index is 5.50. The summed E-state index contributed by atoms with van der Waals surface area (Å²) in [7, 11) is 5.79. The predicted molar refractivity (Wildman–Crippen MR) is 88.2 cm³/mol. The summed E-state index contributed by atoms with van der Waals surface area (Å²) in [5.74, 6) is 2.64. The number of nitrogens with zero attached hydrogens (tertiary/aromatic N) is 3. The molecule has 0 amide bonds. The SMILES string of the molecule is CCCNc1ncnc(NC(CN(C)C)C(C)C)c1OC. The smallest absolute Gasteiger partial charge is 0.204 e. The molecule has 0 aliphatic rings. The summed E-state index contributed by atoms with van der Waals surface area (Å²) in [6.07, 6.45) is 2.60. The highest BCUT2D eigenvalue weighted by Crippen LogP contribution is 2.30. The summed E-state index contributed by atoms with van der Waals surface area (Å²) in [6, 6.07) is 0.294. The van der Waals surface area contributed by atoms with Crippen molar-refractivity contribution < 1.29 is 4.74 Å². The van der Waals surface area contributed by atoms with Crippen molar-refractivity contribution in [3.8, 4) is 5.75 Å². The Hall–Kier alpha value is -1.56. The molecule has 2 N–H and O–H groups in total. The van der Waals surface area contributed by atoms with Crippen LogP contribution >= 0.6 is 0 Å². The van der Waals surface area contributed by atoms with Crippen LogP contribution in [-0.2, 0) is 0 Å². The summed E-state index contributed by atoms with van der Waals surface area (Å²) in [5, 5.41) is 6.76. The fraction of sp³-hybridized carbons (Fsp3) is 0.733. The van der Waals surface area contributed by atoms with Gasteiger partial charge < -0.3 is 20.3 Å². The maximum Gasteiger partial charge on any atom is 0.204 e. The number of aromatic nitrogens is 2. The summed E-state index contributed by atoms with van der Waals surface area (Å²) < 4.78 is 5.50. The number of ether oxygens (including phenoxy) is 1. The summed E-state index contributed by atoms with van der Waals surface area (Å²) >= 11 is 0. The molecule has 0 radical (unpaired) electrons. The lowest BCUT2D eigenvalue weighted by Gasteiger charge is -2.27. The molecule has 21 heavy (non-hydrogen) atoms. The molecule has 0 spiro atoms. The van der Waals surface area contributed by atoms with Crippen LogP contribution in [0.25, 0.3) is 0 Å². The van der Waals surface area contributed by atoms with Crippen molar-refractivity contribution in [3.63, 3.8) is 0 Å². The number of anilines is 2. The molecule has 1 heterocycles. The van der Waals surface area contributed by atoms with Gasteiger partial charge in [0, 0.05) is 19.1 Å². The molecule has 0 saturated carbocycles. The third-order valence-electron chi connectivity index (χ3n) is 3.24. The van der Waals surface area contributed by atoms with E-state index in [1.807, 2.05) is 0 Å². The number of hydrogen-bond acceptors (Lipinski definition) is 6. The third kappa shape index (κ3) is 5.38. The molecule has 6 nitrogen and oxygen atoms in total. The minimum Gasteiger partial charge on any atom is -0.490 e. The number of methoxy groups -OCH3 is 1. The van der Waals surface area contributed by atoms with E-state index in [9.17, 15) is 0 Å². The molecule has 0 fully saturated rings. The van der Waals surface area contributed by atoms with Gasteiger partial charge in [0.25, 0.3) is 0 Å². The monoisotopic (exact) mass is 295 g/mol. The highest BCUT2D eigenvalue weighted by Gasteiger charge is 2.19. The van der Waals surface area contributed by atoms with Crippen LogP contribution in [0.5, 0.6) is 5.75 Å². The van der Waals surface area contributed by atoms with Crippen molar-refractivity contribution in [3.05, 3.63) is 6.33 Å². The predicted octanol–water partition coefficient (Wildman–Crippen LogP) is 2.31. The summed E-state index contributed by atoms with van der Waals surface area (Å²) in [5.41, 5.74) is 0. The molecule has 0 saturated heterocycles. The average molecular weight is 295 g/mol. The molecular formula is C15H29N5O. The number of rotatable bonds is 9. The molecule has 0 aliphatic heterocycles. The normalized spacial score (nSPS) is 12.6. The molecule has 120 valence electrons. The van der Waals surface area contributed by atoms with Crippen molar-refractivity contribution in [1.82, 2.24) is 14.9 Å². The van der Waals surface area contributed by atoms with Crippen LogP contribution in [0.3, 0.4) is 0 Å². The van der Waals surface area contributed by atoms with Gasteiger partial charge in [0.1, 0.15) is 6.33 Å². The second kappa shape index (κ2) is 8.67. The van der Waals surface area contributed by atoms with E-state index in [1.165, 1.54) is 0 Å². The Morgan fingerprint density at radius 1 is 1.24 bits per heavy atom. The lowest BCUT2D eigenvalue weighted by Crippen LogP contribution is -2.36. The standard InChI is InChI=1S/C15H29N5O/c1-7-8-16-14-13(21-6)15(18-10-17-14)19-12(11(2)3)9-20(4)5/h10-12H,7-9H2,1-6H3,(H2,16,17,18,19). The summed E-state index contributed by atoms with van der Waals surface area (Å²) in [6.45, 7) is 8.31. The van der Waals surface area contributed by atoms with Crippen LogP contribution in [0.1, 0.15) is 27.2 Å². The minimum absolute atomic E-state index is 0.294. The van der Waals surface area contributed by atoms with Crippen LogP contribution in [0.2, 0.25) is 0 Å². The fourth-order valence-corrected chi connectivity index (χ4v) is 2.03. The fourth-order valence-electron chi connectivity index (χ4n) is 2.03. The minimum atomic E-state index is 0.294. The molecule has 1 rings (SSSR count). The van der Waals surface area contributed by atoms with Crippen LogP contribution in [0.15, 0.2) is 6.33 Å². The quantitative estimate of drug-likeness (QED) is 0.729. The van der Waals surface area contributed by atoms with E-state index in [-0.39, 0.29) is 0 Å². The zero-order chi connectivity index (χ0) is 15.8. The van der Waals surface area contributed by atoms with Gasteiger partial charge in [-0.25, -0.2) is 9.97 Å². The lowest BCUT2D eigenvalue weighted by atomic mass is 10.0. The van der Waals surface area contributed by atoms with Gasteiger partial charge in [-0.05, 0) is 26.4 Å². The van der Waals surface area contributed by atoms with E-state index in [4.69, 9.17) is 4.74 Å². The molecule has 1 aromatic heterocycles. The van der Waals surface area contributed by atoms with E-state index in [2.05, 4.69) is 60.4 Å². The third-order valence-corrected chi connectivity index (χ3v) is 3.24. The van der Waals surface area contributed by atoms with Gasteiger partial charge in [0.15, 0.2) is 11.6 Å². The second-order valence-corrected chi connectivity index (χ2v) is 5.79. The molecule has 1 aromatic rings. The van der Waals surface area contributed by atoms with Gasteiger partial charge in [-0.3, -0.25) is 0 Å². The van der Waals surface area contributed by atoms with E-state index in [0.717, 1.165) is 31.1 Å². The topological polar surface area (TPSA) is 62.3 Å². The van der Waals surface area contributed by atoms with Gasteiger partial charge in [0.2, 0.25) is 5.75 Å². The maximum atomic E-state index is 5.50. The van der Waals surface area contributed by atoms with Crippen LogP contribution in [-0.4, -0.2) is 55.2 Å². The largest absolute Gasteiger partial charge is 0.490 e. The first kappa shape index (κ1) is 17.5. The van der Waals surface area contributed by atoms with Gasteiger partial charge in [-0.2, -0.15) is 0 Å². The second-order valence-electron chi connectivity index (χ2n) is 5.79. The zero-order valence-electron chi connectivity index (χ0n) is 14.1. The van der Waals surface area contributed by atoms with Gasteiger partial charge in [-0.15, -0.1) is 0 Å². The Bertz CT molecular complexity index is 423. The molecule has 1 atom stereocenters. The van der Waals surface area contributed by atoms with Crippen LogP contribution in [0, 0.1) is 5.92 Å². The van der Waals surface area contributed by atoms with E-state index in [1.54, 1.807) is 13.4 Å². The Morgan fingerprint density at radius 3 is 2.43 bits per heavy atom. The number of likely N-dealkylation sites (N-methyl/N-ethyl adjacent to an activating group) is 1. The average Bonchev–Trinajstić information content (AvgIpc) is 2.43. The molecule has 6 heteroatoms. The summed E-state index contributed by atoms with van der Waals surface area (Å²) in [4.78, 5) is 10.8. The molecule has 1 unspecified atom stereocenters. The Morgan fingerprint density at radius 2 is 1.90 bits per heavy atom. The Balaban J connectivity index is 2.94. The molecular weight excluding hydrogens is 266 g/mol. The van der Waals surface area contributed by atoms with Crippen molar-refractivity contribution in [2.75, 3.05) is 44.9 Å². The zero-order valence-corrected chi connectivity index (χ0v) is 14.1. The first-order valence-corrected chi connectivity index (χ1v) is 7.53. The first-order valence-electron chi connectivity index (χ1n) is 7.53. The van der Waals surface area contributed by atoms with Crippen LogP contribution in [0.4, 0.5) is 11.6 Å². The molecule has 0 aromatic carbocycles. The molecule has 0 bridgehead atoms. The number of hydrogen-bond donors (Lipinski definition) is 2. The van der Waals surface area contributed by atoms with E-state index in [0.29, 0.717) is 17.7 Å². The first-order chi connectivity index (χ1) is 9.99. The van der Waals surface area contributed by atoms with Crippen LogP contribution < -0.4 is 15.4 Å². The highest BCUT2D eigenvalue weighted by molar-refractivity contribution is 5.63. The van der Waals surface area contributed by atoms with Gasteiger partial charge in [0.05, 0.1) is 7.11 Å². The lowest BCUT2D eigenvalue weighted by molar-refractivity contribution is 0.342. The van der Waals surface area contributed by atoms with Crippen molar-refractivity contribution >= 4 is 11.6 Å². The van der Waals surface area contributed by atoms with Crippen molar-refractivity contribution in [2.45, 2.75) is 33.2 Å². The van der Waals surface area contributed by atoms with E-state index >= 15 is 0 Å². The Kier molecular flexibility index (Phi) is 7.22. The molecule has 0 aliphatic carbocycles. The Labute approximate surface area is 128 Å². The van der Waals surface area contributed by atoms with E-state index < -0.39 is 0 Å². The van der Waals surface area contributed by atoms with Crippen molar-refractivity contribution in [1.29, 1.82) is 0 Å². The van der Waals surface area contributed by atoms with Gasteiger partial charge in [-0.1, -0.05) is 20.8 Å². The highest BCUT2D eigenvalue weighted by atomic mass is 16.5. The van der Waals surface area contributed by atoms with Crippen molar-refractivity contribution in [2.24, 2.45) is 5.92 Å².